The minimum Gasteiger partial charge on any atom is -0.350 e. The average molecular weight is 228 g/mol. The maximum Gasteiger partial charge on any atom is 0.152 e. The summed E-state index contributed by atoms with van der Waals surface area (Å²) >= 11 is 11.7. The highest BCUT2D eigenvalue weighted by Crippen LogP contribution is 2.29. The van der Waals surface area contributed by atoms with E-state index in [0.717, 1.165) is 17.2 Å². The zero-order valence-corrected chi connectivity index (χ0v) is 8.93. The van der Waals surface area contributed by atoms with Crippen LogP contribution in [0.4, 0.5) is 0 Å². The number of hydrogen-bond acceptors (Lipinski definition) is 1. The van der Waals surface area contributed by atoms with Crippen molar-refractivity contribution in [1.82, 2.24) is 4.57 Å². The van der Waals surface area contributed by atoms with Crippen molar-refractivity contribution in [2.45, 2.75) is 0 Å². The van der Waals surface area contributed by atoms with E-state index in [1.165, 1.54) is 0 Å². The van der Waals surface area contributed by atoms with Gasteiger partial charge in [-0.25, -0.2) is 0 Å². The van der Waals surface area contributed by atoms with Gasteiger partial charge in [0.2, 0.25) is 0 Å². The van der Waals surface area contributed by atoms with Gasteiger partial charge in [-0.3, -0.25) is 4.79 Å². The number of aldehydes is 1. The Hall–Kier alpha value is -0.990. The number of hydrogen-bond donors (Lipinski definition) is 0. The molecule has 1 heterocycles. The SMILES string of the molecule is Cn1cc(C=O)c2cc(Cl)c(Cl)cc21. The van der Waals surface area contributed by atoms with E-state index in [9.17, 15) is 4.79 Å². The third-order valence-corrected chi connectivity index (χ3v) is 2.91. The lowest BCUT2D eigenvalue weighted by molar-refractivity contribution is 0.112. The smallest absolute Gasteiger partial charge is 0.152 e. The summed E-state index contributed by atoms with van der Waals surface area (Å²) < 4.78 is 1.85. The molecule has 0 fully saturated rings. The van der Waals surface area contributed by atoms with Gasteiger partial charge < -0.3 is 4.57 Å². The minimum absolute atomic E-state index is 0.466. The van der Waals surface area contributed by atoms with Crippen LogP contribution in [0.2, 0.25) is 10.0 Å². The Morgan fingerprint density at radius 3 is 2.57 bits per heavy atom. The Labute approximate surface area is 91.0 Å². The summed E-state index contributed by atoms with van der Waals surface area (Å²) in [6.07, 6.45) is 2.57. The van der Waals surface area contributed by atoms with Gasteiger partial charge in [0, 0.05) is 24.2 Å². The van der Waals surface area contributed by atoms with Gasteiger partial charge >= 0.3 is 0 Å². The van der Waals surface area contributed by atoms with Crippen LogP contribution in [-0.4, -0.2) is 10.9 Å². The Morgan fingerprint density at radius 2 is 1.93 bits per heavy atom. The number of halogens is 2. The second-order valence-corrected chi connectivity index (χ2v) is 3.91. The molecule has 0 radical (unpaired) electrons. The molecule has 0 saturated heterocycles. The summed E-state index contributed by atoms with van der Waals surface area (Å²) in [5.41, 5.74) is 1.53. The maximum absolute atomic E-state index is 10.7. The van der Waals surface area contributed by atoms with Crippen LogP contribution in [0.5, 0.6) is 0 Å². The fourth-order valence-electron chi connectivity index (χ4n) is 1.50. The van der Waals surface area contributed by atoms with E-state index < -0.39 is 0 Å². The normalized spacial score (nSPS) is 10.8. The van der Waals surface area contributed by atoms with E-state index in [2.05, 4.69) is 0 Å². The molecule has 2 aromatic rings. The summed E-state index contributed by atoms with van der Waals surface area (Å²) in [7, 11) is 1.86. The molecule has 4 heteroatoms. The highest BCUT2D eigenvalue weighted by molar-refractivity contribution is 6.42. The third kappa shape index (κ3) is 1.31. The lowest BCUT2D eigenvalue weighted by atomic mass is 10.2. The van der Waals surface area contributed by atoms with Gasteiger partial charge in [-0.05, 0) is 12.1 Å². The number of aryl methyl sites for hydroxylation is 1. The lowest BCUT2D eigenvalue weighted by Gasteiger charge is -1.98. The molecule has 0 N–H and O–H groups in total. The molecule has 0 aliphatic heterocycles. The molecule has 0 aliphatic carbocycles. The highest BCUT2D eigenvalue weighted by atomic mass is 35.5. The van der Waals surface area contributed by atoms with E-state index in [1.54, 1.807) is 18.3 Å². The van der Waals surface area contributed by atoms with E-state index in [0.29, 0.717) is 15.6 Å². The average Bonchev–Trinajstić information content (AvgIpc) is 2.45. The summed E-state index contributed by atoms with van der Waals surface area (Å²) in [6.45, 7) is 0. The van der Waals surface area contributed by atoms with Crippen LogP contribution < -0.4 is 0 Å². The molecule has 1 aromatic heterocycles. The first kappa shape index (κ1) is 9.56. The van der Waals surface area contributed by atoms with Crippen molar-refractivity contribution in [3.8, 4) is 0 Å². The number of carbonyl (C=O) groups excluding carboxylic acids is 1. The zero-order chi connectivity index (χ0) is 10.3. The van der Waals surface area contributed by atoms with Crippen LogP contribution in [0.25, 0.3) is 10.9 Å². The van der Waals surface area contributed by atoms with E-state index in [-0.39, 0.29) is 0 Å². The minimum atomic E-state index is 0.466. The molecule has 0 aliphatic rings. The Kier molecular flexibility index (Phi) is 2.25. The zero-order valence-electron chi connectivity index (χ0n) is 7.42. The topological polar surface area (TPSA) is 22.0 Å². The first-order valence-corrected chi connectivity index (χ1v) is 4.78. The highest BCUT2D eigenvalue weighted by Gasteiger charge is 2.08. The summed E-state index contributed by atoms with van der Waals surface area (Å²) in [6, 6.07) is 3.47. The van der Waals surface area contributed by atoms with Gasteiger partial charge in [0.15, 0.2) is 6.29 Å². The first-order valence-electron chi connectivity index (χ1n) is 4.02. The number of nitrogens with zero attached hydrogens (tertiary/aromatic N) is 1. The molecule has 2 nitrogen and oxygen atoms in total. The first-order chi connectivity index (χ1) is 6.63. The Morgan fingerprint density at radius 1 is 1.29 bits per heavy atom. The van der Waals surface area contributed by atoms with Gasteiger partial charge in [-0.15, -0.1) is 0 Å². The van der Waals surface area contributed by atoms with Crippen molar-refractivity contribution in [3.63, 3.8) is 0 Å². The molecule has 0 bridgehead atoms. The lowest BCUT2D eigenvalue weighted by Crippen LogP contribution is -1.83. The van der Waals surface area contributed by atoms with Crippen LogP contribution in [0, 0.1) is 0 Å². The molecule has 0 saturated carbocycles. The van der Waals surface area contributed by atoms with Gasteiger partial charge in [-0.2, -0.15) is 0 Å². The quantitative estimate of drug-likeness (QED) is 0.686. The Bertz CT molecular complexity index is 516. The molecule has 0 atom stereocenters. The molecular formula is C10H7Cl2NO. The third-order valence-electron chi connectivity index (χ3n) is 2.19. The predicted molar refractivity (Wildman–Crippen MR) is 58.3 cm³/mol. The number of rotatable bonds is 1. The van der Waals surface area contributed by atoms with Crippen LogP contribution in [0.3, 0.4) is 0 Å². The second-order valence-electron chi connectivity index (χ2n) is 3.10. The van der Waals surface area contributed by atoms with Gasteiger partial charge in [0.25, 0.3) is 0 Å². The Balaban J connectivity index is 2.90. The van der Waals surface area contributed by atoms with E-state index in [1.807, 2.05) is 11.6 Å². The van der Waals surface area contributed by atoms with E-state index in [4.69, 9.17) is 23.2 Å². The number of carbonyl (C=O) groups is 1. The van der Waals surface area contributed by atoms with Crippen molar-refractivity contribution in [2.24, 2.45) is 7.05 Å². The maximum atomic E-state index is 10.7. The monoisotopic (exact) mass is 227 g/mol. The van der Waals surface area contributed by atoms with E-state index >= 15 is 0 Å². The fourth-order valence-corrected chi connectivity index (χ4v) is 1.82. The van der Waals surface area contributed by atoms with Gasteiger partial charge in [0.05, 0.1) is 15.6 Å². The van der Waals surface area contributed by atoms with Crippen molar-refractivity contribution < 1.29 is 4.79 Å². The van der Waals surface area contributed by atoms with Crippen molar-refractivity contribution in [3.05, 3.63) is 33.9 Å². The molecular weight excluding hydrogens is 221 g/mol. The van der Waals surface area contributed by atoms with Crippen LogP contribution >= 0.6 is 23.2 Å². The van der Waals surface area contributed by atoms with Gasteiger partial charge in [-0.1, -0.05) is 23.2 Å². The molecule has 14 heavy (non-hydrogen) atoms. The molecule has 0 spiro atoms. The molecule has 2 rings (SSSR count). The van der Waals surface area contributed by atoms with Crippen molar-refractivity contribution in [1.29, 1.82) is 0 Å². The number of benzene rings is 1. The van der Waals surface area contributed by atoms with Crippen LogP contribution in [0.1, 0.15) is 10.4 Å². The summed E-state index contributed by atoms with van der Waals surface area (Å²) in [4.78, 5) is 10.7. The second kappa shape index (κ2) is 3.30. The molecule has 72 valence electrons. The van der Waals surface area contributed by atoms with Crippen LogP contribution in [-0.2, 0) is 7.05 Å². The van der Waals surface area contributed by atoms with Crippen molar-refractivity contribution in [2.75, 3.05) is 0 Å². The van der Waals surface area contributed by atoms with Gasteiger partial charge in [0.1, 0.15) is 0 Å². The number of fused-ring (bicyclic) bond motifs is 1. The fraction of sp³-hybridized carbons (Fsp3) is 0.100. The summed E-state index contributed by atoms with van der Waals surface area (Å²) in [5, 5.41) is 1.79. The standard InChI is InChI=1S/C10H7Cl2NO/c1-13-4-6(5-14)7-2-8(11)9(12)3-10(7)13/h2-5H,1H3. The largest absolute Gasteiger partial charge is 0.350 e. The van der Waals surface area contributed by atoms with Crippen molar-refractivity contribution >= 4 is 40.4 Å². The van der Waals surface area contributed by atoms with Crippen LogP contribution in [0.15, 0.2) is 18.3 Å². The summed E-state index contributed by atoms with van der Waals surface area (Å²) in [5.74, 6) is 0. The predicted octanol–water partition coefficient (Wildman–Crippen LogP) is 3.30. The molecule has 0 amide bonds. The molecule has 0 unspecified atom stereocenters. The number of aromatic nitrogens is 1. The molecule has 1 aromatic carbocycles.